The van der Waals surface area contributed by atoms with Gasteiger partial charge in [-0.2, -0.15) is 5.10 Å². The number of halogens is 1. The molecule has 1 aromatic carbocycles. The molecule has 1 aromatic heterocycles. The second-order valence-electron chi connectivity index (χ2n) is 5.45. The topological polar surface area (TPSA) is 68.0 Å². The number of aromatic nitrogens is 3. The highest BCUT2D eigenvalue weighted by Gasteiger charge is 2.41. The number of nitrogens with zero attached hydrogens (tertiary/aromatic N) is 3. The van der Waals surface area contributed by atoms with E-state index in [0.29, 0.717) is 23.6 Å². The standard InChI is InChI=1S/C15H16ClN3O2/c16-12-8-11(4-5-13(12)19-10-17-9-18-19)15(14(20)21)6-2-1-3-7-15/h4-5,8-10H,1-3,6-7H2,(H,20,21). The Morgan fingerprint density at radius 1 is 1.29 bits per heavy atom. The number of aliphatic carboxylic acids is 1. The SMILES string of the molecule is O=C(O)C1(c2ccc(-n3cncn3)c(Cl)c2)CCCCC1. The summed E-state index contributed by atoms with van der Waals surface area (Å²) in [5, 5.41) is 14.3. The number of rotatable bonds is 3. The Morgan fingerprint density at radius 2 is 2.05 bits per heavy atom. The number of carboxylic acid groups (broad SMARTS) is 1. The van der Waals surface area contributed by atoms with Gasteiger partial charge >= 0.3 is 5.97 Å². The van der Waals surface area contributed by atoms with Crippen LogP contribution in [-0.2, 0) is 10.2 Å². The van der Waals surface area contributed by atoms with Crippen LogP contribution < -0.4 is 0 Å². The van der Waals surface area contributed by atoms with E-state index >= 15 is 0 Å². The zero-order chi connectivity index (χ0) is 14.9. The fraction of sp³-hybridized carbons (Fsp3) is 0.400. The van der Waals surface area contributed by atoms with E-state index in [2.05, 4.69) is 10.1 Å². The van der Waals surface area contributed by atoms with Crippen molar-refractivity contribution in [3.05, 3.63) is 41.4 Å². The van der Waals surface area contributed by atoms with Crippen LogP contribution in [0.5, 0.6) is 0 Å². The van der Waals surface area contributed by atoms with E-state index < -0.39 is 11.4 Å². The number of hydrogen-bond donors (Lipinski definition) is 1. The molecule has 1 N–H and O–H groups in total. The summed E-state index contributed by atoms with van der Waals surface area (Å²) < 4.78 is 1.57. The molecule has 1 saturated carbocycles. The summed E-state index contributed by atoms with van der Waals surface area (Å²) in [6.07, 6.45) is 7.31. The molecule has 0 spiro atoms. The van der Waals surface area contributed by atoms with Crippen LogP contribution in [0.2, 0.25) is 5.02 Å². The lowest BCUT2D eigenvalue weighted by Gasteiger charge is -2.33. The van der Waals surface area contributed by atoms with E-state index in [1.165, 1.54) is 6.33 Å². The molecular weight excluding hydrogens is 290 g/mol. The summed E-state index contributed by atoms with van der Waals surface area (Å²) in [6, 6.07) is 5.42. The van der Waals surface area contributed by atoms with Crippen LogP contribution in [0.4, 0.5) is 0 Å². The van der Waals surface area contributed by atoms with Gasteiger partial charge in [0, 0.05) is 0 Å². The maximum Gasteiger partial charge on any atom is 0.314 e. The van der Waals surface area contributed by atoms with Gasteiger partial charge in [-0.25, -0.2) is 9.67 Å². The average Bonchev–Trinajstić information content (AvgIpc) is 3.01. The average molecular weight is 306 g/mol. The molecule has 21 heavy (non-hydrogen) atoms. The molecule has 1 aliphatic carbocycles. The van der Waals surface area contributed by atoms with E-state index in [1.807, 2.05) is 12.1 Å². The maximum absolute atomic E-state index is 11.8. The van der Waals surface area contributed by atoms with Crippen molar-refractivity contribution >= 4 is 17.6 Å². The first-order chi connectivity index (χ1) is 10.1. The summed E-state index contributed by atoms with van der Waals surface area (Å²) in [4.78, 5) is 15.7. The lowest BCUT2D eigenvalue weighted by molar-refractivity contribution is -0.145. The van der Waals surface area contributed by atoms with E-state index in [1.54, 1.807) is 17.1 Å². The smallest absolute Gasteiger partial charge is 0.314 e. The van der Waals surface area contributed by atoms with Crippen LogP contribution >= 0.6 is 11.6 Å². The van der Waals surface area contributed by atoms with Gasteiger partial charge in [0.15, 0.2) is 0 Å². The predicted octanol–water partition coefficient (Wildman–Crippen LogP) is 3.21. The van der Waals surface area contributed by atoms with Crippen molar-refractivity contribution in [2.45, 2.75) is 37.5 Å². The quantitative estimate of drug-likeness (QED) is 0.945. The second-order valence-corrected chi connectivity index (χ2v) is 5.86. The molecule has 0 amide bonds. The first-order valence-corrected chi connectivity index (χ1v) is 7.40. The van der Waals surface area contributed by atoms with Gasteiger partial charge < -0.3 is 5.11 Å². The summed E-state index contributed by atoms with van der Waals surface area (Å²) in [5.41, 5.74) is 0.681. The van der Waals surface area contributed by atoms with Crippen molar-refractivity contribution in [2.75, 3.05) is 0 Å². The first kappa shape index (κ1) is 14.1. The molecule has 0 saturated heterocycles. The van der Waals surface area contributed by atoms with E-state index in [4.69, 9.17) is 11.6 Å². The number of benzene rings is 1. The Kier molecular flexibility index (Phi) is 3.68. The van der Waals surface area contributed by atoms with Crippen molar-refractivity contribution in [1.29, 1.82) is 0 Å². The third-order valence-electron chi connectivity index (χ3n) is 4.28. The molecule has 0 unspecified atom stereocenters. The highest BCUT2D eigenvalue weighted by Crippen LogP contribution is 2.41. The van der Waals surface area contributed by atoms with Gasteiger partial charge in [0.25, 0.3) is 0 Å². The molecule has 0 bridgehead atoms. The minimum atomic E-state index is -0.803. The van der Waals surface area contributed by atoms with E-state index in [-0.39, 0.29) is 0 Å². The van der Waals surface area contributed by atoms with Crippen molar-refractivity contribution in [3.8, 4) is 5.69 Å². The summed E-state index contributed by atoms with van der Waals surface area (Å²) in [5.74, 6) is -0.758. The zero-order valence-corrected chi connectivity index (χ0v) is 12.3. The normalized spacial score (nSPS) is 17.6. The largest absolute Gasteiger partial charge is 0.481 e. The van der Waals surface area contributed by atoms with Gasteiger partial charge in [-0.3, -0.25) is 4.79 Å². The van der Waals surface area contributed by atoms with E-state index in [0.717, 1.165) is 24.8 Å². The minimum absolute atomic E-state index is 0.490. The molecule has 0 atom stereocenters. The Morgan fingerprint density at radius 3 is 2.62 bits per heavy atom. The zero-order valence-electron chi connectivity index (χ0n) is 11.5. The fourth-order valence-corrected chi connectivity index (χ4v) is 3.37. The molecule has 3 rings (SSSR count). The highest BCUT2D eigenvalue weighted by atomic mass is 35.5. The second kappa shape index (κ2) is 5.48. The monoisotopic (exact) mass is 305 g/mol. The van der Waals surface area contributed by atoms with Crippen molar-refractivity contribution < 1.29 is 9.90 Å². The molecule has 1 fully saturated rings. The molecule has 2 aromatic rings. The maximum atomic E-state index is 11.8. The predicted molar refractivity (Wildman–Crippen MR) is 78.8 cm³/mol. The third kappa shape index (κ3) is 2.42. The van der Waals surface area contributed by atoms with Crippen molar-refractivity contribution in [2.24, 2.45) is 0 Å². The minimum Gasteiger partial charge on any atom is -0.481 e. The molecule has 1 heterocycles. The highest BCUT2D eigenvalue weighted by molar-refractivity contribution is 6.32. The van der Waals surface area contributed by atoms with Crippen LogP contribution in [-0.4, -0.2) is 25.8 Å². The van der Waals surface area contributed by atoms with E-state index in [9.17, 15) is 9.90 Å². The van der Waals surface area contributed by atoms with Crippen LogP contribution in [0.1, 0.15) is 37.7 Å². The Balaban J connectivity index is 2.02. The summed E-state index contributed by atoms with van der Waals surface area (Å²) in [7, 11) is 0. The fourth-order valence-electron chi connectivity index (χ4n) is 3.10. The molecule has 0 aliphatic heterocycles. The third-order valence-corrected chi connectivity index (χ3v) is 4.59. The van der Waals surface area contributed by atoms with Gasteiger partial charge in [-0.05, 0) is 30.5 Å². The van der Waals surface area contributed by atoms with Crippen molar-refractivity contribution in [3.63, 3.8) is 0 Å². The Bertz CT molecular complexity index is 649. The molecular formula is C15H16ClN3O2. The van der Waals surface area contributed by atoms with Crippen LogP contribution in [0, 0.1) is 0 Å². The summed E-state index contributed by atoms with van der Waals surface area (Å²) >= 11 is 6.33. The molecule has 1 aliphatic rings. The first-order valence-electron chi connectivity index (χ1n) is 7.02. The number of carbonyl (C=O) groups is 1. The van der Waals surface area contributed by atoms with Gasteiger partial charge in [0.05, 0.1) is 16.1 Å². The van der Waals surface area contributed by atoms with Gasteiger partial charge in [-0.1, -0.05) is 36.9 Å². The van der Waals surface area contributed by atoms with Gasteiger partial charge in [0.1, 0.15) is 12.7 Å². The van der Waals surface area contributed by atoms with Crippen LogP contribution in [0.25, 0.3) is 5.69 Å². The Hall–Kier alpha value is -1.88. The lowest BCUT2D eigenvalue weighted by atomic mass is 9.69. The molecule has 110 valence electrons. The lowest BCUT2D eigenvalue weighted by Crippen LogP contribution is -2.37. The van der Waals surface area contributed by atoms with Gasteiger partial charge in [0.2, 0.25) is 0 Å². The molecule has 5 nitrogen and oxygen atoms in total. The Labute approximate surface area is 127 Å². The van der Waals surface area contributed by atoms with Crippen molar-refractivity contribution in [1.82, 2.24) is 14.8 Å². The van der Waals surface area contributed by atoms with Crippen LogP contribution in [0.15, 0.2) is 30.9 Å². The molecule has 6 heteroatoms. The van der Waals surface area contributed by atoms with Crippen LogP contribution in [0.3, 0.4) is 0 Å². The number of hydrogen-bond acceptors (Lipinski definition) is 3. The van der Waals surface area contributed by atoms with Gasteiger partial charge in [-0.15, -0.1) is 0 Å². The number of carboxylic acids is 1. The molecule has 0 radical (unpaired) electrons. The summed E-state index contributed by atoms with van der Waals surface area (Å²) in [6.45, 7) is 0.